The quantitative estimate of drug-likeness (QED) is 0.753. The molecular weight excluding hydrogens is 184 g/mol. The van der Waals surface area contributed by atoms with Gasteiger partial charge >= 0.3 is 0 Å². The third-order valence-electron chi connectivity index (χ3n) is 3.16. The summed E-state index contributed by atoms with van der Waals surface area (Å²) in [6.07, 6.45) is 0. The van der Waals surface area contributed by atoms with Gasteiger partial charge < -0.3 is 10.2 Å². The van der Waals surface area contributed by atoms with Gasteiger partial charge in [0.1, 0.15) is 0 Å². The van der Waals surface area contributed by atoms with Crippen molar-refractivity contribution in [2.24, 2.45) is 0 Å². The average Bonchev–Trinajstić information content (AvgIpc) is 2.20. The highest BCUT2D eigenvalue weighted by Gasteiger charge is 2.19. The molecule has 0 unspecified atom stereocenters. The van der Waals surface area contributed by atoms with Gasteiger partial charge in [0.05, 0.1) is 0 Å². The molecule has 1 aromatic rings. The van der Waals surface area contributed by atoms with E-state index >= 15 is 0 Å². The Bertz CT molecular complexity index is 346. The van der Waals surface area contributed by atoms with E-state index in [4.69, 9.17) is 0 Å². The van der Waals surface area contributed by atoms with Crippen LogP contribution >= 0.6 is 0 Å². The van der Waals surface area contributed by atoms with Crippen molar-refractivity contribution in [3.05, 3.63) is 29.3 Å². The topological polar surface area (TPSA) is 15.3 Å². The van der Waals surface area contributed by atoms with Crippen molar-refractivity contribution >= 4 is 5.69 Å². The molecular formula is C13H20N2. The zero-order valence-corrected chi connectivity index (χ0v) is 9.88. The molecule has 0 aliphatic carbocycles. The van der Waals surface area contributed by atoms with E-state index in [1.165, 1.54) is 16.8 Å². The summed E-state index contributed by atoms with van der Waals surface area (Å²) in [5.41, 5.74) is 4.14. The molecule has 1 aliphatic rings. The molecule has 1 N–H and O–H groups in total. The smallest absolute Gasteiger partial charge is 0.0399 e. The number of benzene rings is 1. The number of rotatable bonds is 1. The Morgan fingerprint density at radius 2 is 2.13 bits per heavy atom. The van der Waals surface area contributed by atoms with Gasteiger partial charge in [0, 0.05) is 31.4 Å². The van der Waals surface area contributed by atoms with Crippen LogP contribution in [0.1, 0.15) is 18.1 Å². The first kappa shape index (κ1) is 10.5. The van der Waals surface area contributed by atoms with E-state index in [2.05, 4.69) is 49.2 Å². The maximum absolute atomic E-state index is 3.42. The normalized spacial score (nSPS) is 21.8. The number of nitrogens with one attached hydrogen (secondary N) is 1. The van der Waals surface area contributed by atoms with Crippen LogP contribution < -0.4 is 10.2 Å². The molecule has 1 atom stereocenters. The Morgan fingerprint density at radius 1 is 1.33 bits per heavy atom. The highest BCUT2D eigenvalue weighted by molar-refractivity contribution is 5.55. The van der Waals surface area contributed by atoms with Crippen LogP contribution in [0.5, 0.6) is 0 Å². The highest BCUT2D eigenvalue weighted by Crippen LogP contribution is 2.23. The average molecular weight is 204 g/mol. The summed E-state index contributed by atoms with van der Waals surface area (Å²) in [7, 11) is 0. The third-order valence-corrected chi connectivity index (χ3v) is 3.16. The van der Waals surface area contributed by atoms with E-state index in [0.717, 1.165) is 19.6 Å². The van der Waals surface area contributed by atoms with E-state index in [0.29, 0.717) is 6.04 Å². The van der Waals surface area contributed by atoms with E-state index in [1.54, 1.807) is 0 Å². The van der Waals surface area contributed by atoms with Gasteiger partial charge in [-0.2, -0.15) is 0 Å². The molecule has 1 aliphatic heterocycles. The second kappa shape index (κ2) is 4.23. The molecule has 1 saturated heterocycles. The van der Waals surface area contributed by atoms with Gasteiger partial charge in [-0.15, -0.1) is 0 Å². The summed E-state index contributed by atoms with van der Waals surface area (Å²) in [5, 5.41) is 3.42. The van der Waals surface area contributed by atoms with E-state index < -0.39 is 0 Å². The Labute approximate surface area is 92.3 Å². The zero-order valence-electron chi connectivity index (χ0n) is 9.88. The second-order valence-electron chi connectivity index (χ2n) is 4.54. The van der Waals surface area contributed by atoms with Gasteiger partial charge in [0.2, 0.25) is 0 Å². The lowest BCUT2D eigenvalue weighted by Crippen LogP contribution is -2.50. The minimum Gasteiger partial charge on any atom is -0.366 e. The molecule has 1 fully saturated rings. The molecule has 0 bridgehead atoms. The fourth-order valence-corrected chi connectivity index (χ4v) is 2.33. The first-order valence-electron chi connectivity index (χ1n) is 5.73. The molecule has 0 aromatic heterocycles. The minimum atomic E-state index is 0.597. The highest BCUT2D eigenvalue weighted by atomic mass is 15.2. The molecule has 0 radical (unpaired) electrons. The Kier molecular flexibility index (Phi) is 2.96. The lowest BCUT2D eigenvalue weighted by Gasteiger charge is -2.36. The molecule has 15 heavy (non-hydrogen) atoms. The Balaban J connectivity index is 2.27. The van der Waals surface area contributed by atoms with Crippen molar-refractivity contribution in [1.29, 1.82) is 0 Å². The first-order chi connectivity index (χ1) is 7.18. The van der Waals surface area contributed by atoms with Crippen LogP contribution in [-0.4, -0.2) is 25.7 Å². The van der Waals surface area contributed by atoms with Crippen LogP contribution in [0.4, 0.5) is 5.69 Å². The number of anilines is 1. The van der Waals surface area contributed by atoms with Crippen LogP contribution in [0.25, 0.3) is 0 Å². The fourth-order valence-electron chi connectivity index (χ4n) is 2.33. The number of hydrogen-bond acceptors (Lipinski definition) is 2. The van der Waals surface area contributed by atoms with Crippen LogP contribution in [-0.2, 0) is 0 Å². The Morgan fingerprint density at radius 3 is 2.80 bits per heavy atom. The minimum absolute atomic E-state index is 0.597. The van der Waals surface area contributed by atoms with Crippen LogP contribution in [0.2, 0.25) is 0 Å². The summed E-state index contributed by atoms with van der Waals surface area (Å²) in [5.74, 6) is 0. The third kappa shape index (κ3) is 2.15. The van der Waals surface area contributed by atoms with Gasteiger partial charge in [0.15, 0.2) is 0 Å². The standard InChI is InChI=1S/C13H20N2/c1-10-4-5-13(11(2)8-10)15-7-6-14-9-12(15)3/h4-5,8,12,14H,6-7,9H2,1-3H3/t12-/m0/s1. The van der Waals surface area contributed by atoms with Gasteiger partial charge in [-0.05, 0) is 32.4 Å². The predicted molar refractivity (Wildman–Crippen MR) is 65.6 cm³/mol. The zero-order chi connectivity index (χ0) is 10.8. The van der Waals surface area contributed by atoms with Crippen molar-refractivity contribution in [2.75, 3.05) is 24.5 Å². The maximum atomic E-state index is 3.42. The number of aryl methyl sites for hydroxylation is 2. The van der Waals surface area contributed by atoms with Crippen LogP contribution in [0.3, 0.4) is 0 Å². The molecule has 1 heterocycles. The molecule has 0 spiro atoms. The summed E-state index contributed by atoms with van der Waals surface area (Å²) < 4.78 is 0. The SMILES string of the molecule is Cc1ccc(N2CCNC[C@@H]2C)c(C)c1. The van der Waals surface area contributed by atoms with E-state index in [-0.39, 0.29) is 0 Å². The van der Waals surface area contributed by atoms with Gasteiger partial charge in [-0.25, -0.2) is 0 Å². The van der Waals surface area contributed by atoms with Crippen LogP contribution in [0, 0.1) is 13.8 Å². The van der Waals surface area contributed by atoms with Crippen molar-refractivity contribution in [2.45, 2.75) is 26.8 Å². The monoisotopic (exact) mass is 204 g/mol. The number of piperazine rings is 1. The molecule has 0 amide bonds. The van der Waals surface area contributed by atoms with Crippen molar-refractivity contribution in [3.63, 3.8) is 0 Å². The molecule has 2 heteroatoms. The van der Waals surface area contributed by atoms with E-state index in [1.807, 2.05) is 0 Å². The largest absolute Gasteiger partial charge is 0.366 e. The van der Waals surface area contributed by atoms with E-state index in [9.17, 15) is 0 Å². The fraction of sp³-hybridized carbons (Fsp3) is 0.538. The van der Waals surface area contributed by atoms with Crippen molar-refractivity contribution < 1.29 is 0 Å². The predicted octanol–water partition coefficient (Wildman–Crippen LogP) is 2.10. The summed E-state index contributed by atoms with van der Waals surface area (Å²) >= 11 is 0. The second-order valence-corrected chi connectivity index (χ2v) is 4.54. The Hall–Kier alpha value is -1.02. The molecule has 1 aromatic carbocycles. The number of nitrogens with zero attached hydrogens (tertiary/aromatic N) is 1. The van der Waals surface area contributed by atoms with Gasteiger partial charge in [-0.1, -0.05) is 17.7 Å². The maximum Gasteiger partial charge on any atom is 0.0399 e. The lowest BCUT2D eigenvalue weighted by molar-refractivity contribution is 0.500. The molecule has 2 rings (SSSR count). The first-order valence-corrected chi connectivity index (χ1v) is 5.73. The van der Waals surface area contributed by atoms with Crippen molar-refractivity contribution in [3.8, 4) is 0 Å². The van der Waals surface area contributed by atoms with Gasteiger partial charge in [-0.3, -0.25) is 0 Å². The number of hydrogen-bond donors (Lipinski definition) is 1. The summed E-state index contributed by atoms with van der Waals surface area (Å²) in [4.78, 5) is 2.51. The molecule has 82 valence electrons. The van der Waals surface area contributed by atoms with Crippen LogP contribution in [0.15, 0.2) is 18.2 Å². The summed E-state index contributed by atoms with van der Waals surface area (Å²) in [6, 6.07) is 7.33. The lowest BCUT2D eigenvalue weighted by atomic mass is 10.1. The molecule has 0 saturated carbocycles. The summed E-state index contributed by atoms with van der Waals surface area (Å²) in [6.45, 7) is 9.94. The van der Waals surface area contributed by atoms with Crippen molar-refractivity contribution in [1.82, 2.24) is 5.32 Å². The molecule has 2 nitrogen and oxygen atoms in total. The van der Waals surface area contributed by atoms with Gasteiger partial charge in [0.25, 0.3) is 0 Å².